The fraction of sp³-hybridized carbons (Fsp3) is 0.458. The highest BCUT2D eigenvalue weighted by Crippen LogP contribution is 2.46. The fourth-order valence-corrected chi connectivity index (χ4v) is 4.85. The number of likely N-dealkylation sites (tertiary alicyclic amines) is 1. The molecule has 0 bridgehead atoms. The number of benzene rings is 2. The van der Waals surface area contributed by atoms with Gasteiger partial charge in [-0.15, -0.1) is 12.4 Å². The third-order valence-electron chi connectivity index (χ3n) is 6.36. The van der Waals surface area contributed by atoms with Crippen LogP contribution in [-0.2, 0) is 16.8 Å². The Kier molecular flexibility index (Phi) is 7.40. The number of rotatable bonds is 6. The molecule has 0 amide bonds. The fourth-order valence-electron chi connectivity index (χ4n) is 4.61. The third kappa shape index (κ3) is 4.94. The van der Waals surface area contributed by atoms with Gasteiger partial charge < -0.3 is 14.6 Å². The molecule has 0 aromatic heterocycles. The number of ether oxygens (including phenoxy) is 2. The van der Waals surface area contributed by atoms with Crippen molar-refractivity contribution in [2.45, 2.75) is 44.6 Å². The summed E-state index contributed by atoms with van der Waals surface area (Å²) in [4.78, 5) is 13.0. The number of piperidine rings is 1. The summed E-state index contributed by atoms with van der Waals surface area (Å²) in [7, 11) is 0. The van der Waals surface area contributed by atoms with Gasteiger partial charge in [0, 0.05) is 27.6 Å². The van der Waals surface area contributed by atoms with Gasteiger partial charge in [-0.2, -0.15) is 0 Å². The van der Waals surface area contributed by atoms with Crippen molar-refractivity contribution in [3.63, 3.8) is 0 Å². The van der Waals surface area contributed by atoms with Crippen LogP contribution >= 0.6 is 24.0 Å². The van der Waals surface area contributed by atoms with E-state index in [1.807, 2.05) is 29.2 Å². The van der Waals surface area contributed by atoms with Gasteiger partial charge in [-0.3, -0.25) is 9.69 Å². The molecule has 1 N–H and O–H groups in total. The van der Waals surface area contributed by atoms with Crippen LogP contribution in [0.15, 0.2) is 36.4 Å². The molecule has 5 nitrogen and oxygen atoms in total. The van der Waals surface area contributed by atoms with E-state index in [9.17, 15) is 4.79 Å². The average molecular weight is 466 g/mol. The molecule has 2 aliphatic heterocycles. The van der Waals surface area contributed by atoms with Crippen LogP contribution in [0.3, 0.4) is 0 Å². The van der Waals surface area contributed by atoms with Gasteiger partial charge in [0.15, 0.2) is 0 Å². The summed E-state index contributed by atoms with van der Waals surface area (Å²) in [6, 6.07) is 12.1. The highest BCUT2D eigenvalue weighted by Gasteiger charge is 2.43. The van der Waals surface area contributed by atoms with Gasteiger partial charge in [0.25, 0.3) is 0 Å². The van der Waals surface area contributed by atoms with E-state index >= 15 is 0 Å². The predicted molar refractivity (Wildman–Crippen MR) is 124 cm³/mol. The molecule has 1 spiro atoms. The van der Waals surface area contributed by atoms with Crippen molar-refractivity contribution in [1.82, 2.24) is 4.90 Å². The lowest BCUT2D eigenvalue weighted by atomic mass is 9.74. The molecule has 2 aliphatic rings. The Morgan fingerprint density at radius 2 is 2.00 bits per heavy atom. The van der Waals surface area contributed by atoms with Crippen LogP contribution in [0, 0.1) is 0 Å². The maximum Gasteiger partial charge on any atom is 0.317 e. The number of hydrogen-bond donors (Lipinski definition) is 1. The topological polar surface area (TPSA) is 59.0 Å². The van der Waals surface area contributed by atoms with Crippen molar-refractivity contribution in [2.24, 2.45) is 0 Å². The number of halogens is 2. The first kappa shape index (κ1) is 23.7. The minimum Gasteiger partial charge on any atom is -0.492 e. The number of aliphatic carboxylic acids is 1. The first-order chi connectivity index (χ1) is 14.4. The molecule has 0 aliphatic carbocycles. The molecule has 1 saturated heterocycles. The summed E-state index contributed by atoms with van der Waals surface area (Å²) in [6.45, 7) is 7.03. The molecule has 0 unspecified atom stereocenters. The highest BCUT2D eigenvalue weighted by atomic mass is 35.5. The lowest BCUT2D eigenvalue weighted by Gasteiger charge is -2.37. The summed E-state index contributed by atoms with van der Waals surface area (Å²) < 4.78 is 12.1. The van der Waals surface area contributed by atoms with Gasteiger partial charge in [-0.05, 0) is 49.5 Å². The lowest BCUT2D eigenvalue weighted by molar-refractivity contribution is -0.138. The molecular weight excluding hydrogens is 437 g/mol. The molecule has 2 aromatic rings. The molecule has 7 heteroatoms. The van der Waals surface area contributed by atoms with Crippen LogP contribution in [0.25, 0.3) is 0 Å². The Balaban J connectivity index is 0.00000272. The van der Waals surface area contributed by atoms with Crippen LogP contribution in [-0.4, -0.2) is 42.2 Å². The van der Waals surface area contributed by atoms with E-state index in [-0.39, 0.29) is 24.4 Å². The smallest absolute Gasteiger partial charge is 0.317 e. The number of fused-ring (bicyclic) bond motifs is 2. The predicted octanol–water partition coefficient (Wildman–Crippen LogP) is 5.27. The SMILES string of the molecule is CC(C)c1cccc(Cl)c1COc1ccc2c(c1)OCC21CCN(CC(=O)O)CC1.Cl. The first-order valence-electron chi connectivity index (χ1n) is 10.5. The molecule has 168 valence electrons. The van der Waals surface area contributed by atoms with Crippen LogP contribution < -0.4 is 9.47 Å². The third-order valence-corrected chi connectivity index (χ3v) is 6.71. The molecule has 0 atom stereocenters. The quantitative estimate of drug-likeness (QED) is 0.628. The van der Waals surface area contributed by atoms with Crippen molar-refractivity contribution in [2.75, 3.05) is 26.2 Å². The van der Waals surface area contributed by atoms with Gasteiger partial charge in [0.2, 0.25) is 0 Å². The van der Waals surface area contributed by atoms with Crippen molar-refractivity contribution in [3.05, 3.63) is 58.1 Å². The van der Waals surface area contributed by atoms with E-state index in [1.54, 1.807) is 0 Å². The Morgan fingerprint density at radius 3 is 2.68 bits per heavy atom. The van der Waals surface area contributed by atoms with Gasteiger partial charge in [0.1, 0.15) is 18.1 Å². The number of carboxylic acids is 1. The second kappa shape index (κ2) is 9.68. The van der Waals surface area contributed by atoms with Crippen molar-refractivity contribution in [1.29, 1.82) is 0 Å². The van der Waals surface area contributed by atoms with Crippen molar-refractivity contribution < 1.29 is 19.4 Å². The molecule has 4 rings (SSSR count). The summed E-state index contributed by atoms with van der Waals surface area (Å²) in [6.07, 6.45) is 1.82. The zero-order chi connectivity index (χ0) is 21.3. The molecule has 0 radical (unpaired) electrons. The Morgan fingerprint density at radius 1 is 1.26 bits per heavy atom. The van der Waals surface area contributed by atoms with E-state index in [0.29, 0.717) is 19.1 Å². The number of carboxylic acid groups (broad SMARTS) is 1. The van der Waals surface area contributed by atoms with Gasteiger partial charge in [0.05, 0.1) is 13.2 Å². The zero-order valence-electron chi connectivity index (χ0n) is 17.9. The largest absolute Gasteiger partial charge is 0.492 e. The summed E-state index contributed by atoms with van der Waals surface area (Å²) >= 11 is 6.43. The molecule has 2 heterocycles. The van der Waals surface area contributed by atoms with Crippen LogP contribution in [0.2, 0.25) is 5.02 Å². The van der Waals surface area contributed by atoms with E-state index in [4.69, 9.17) is 26.2 Å². The number of hydrogen-bond acceptors (Lipinski definition) is 4. The van der Waals surface area contributed by atoms with E-state index in [0.717, 1.165) is 48.0 Å². The van der Waals surface area contributed by atoms with E-state index in [1.165, 1.54) is 11.1 Å². The normalized spacial score (nSPS) is 17.2. The maximum atomic E-state index is 11.0. The number of nitrogens with zero attached hydrogens (tertiary/aromatic N) is 1. The minimum absolute atomic E-state index is 0. The first-order valence-corrected chi connectivity index (χ1v) is 10.9. The highest BCUT2D eigenvalue weighted by molar-refractivity contribution is 6.31. The van der Waals surface area contributed by atoms with Crippen LogP contribution in [0.5, 0.6) is 11.5 Å². The van der Waals surface area contributed by atoms with E-state index in [2.05, 4.69) is 26.0 Å². The van der Waals surface area contributed by atoms with Crippen molar-refractivity contribution >= 4 is 30.0 Å². The maximum absolute atomic E-state index is 11.0. The molecule has 2 aromatic carbocycles. The Hall–Kier alpha value is -1.95. The van der Waals surface area contributed by atoms with E-state index < -0.39 is 5.97 Å². The lowest BCUT2D eigenvalue weighted by Crippen LogP contribution is -2.45. The molecule has 1 fully saturated rings. The number of carbonyl (C=O) groups is 1. The Labute approximate surface area is 194 Å². The van der Waals surface area contributed by atoms with Gasteiger partial charge in [-0.1, -0.05) is 43.6 Å². The summed E-state index contributed by atoms with van der Waals surface area (Å²) in [5, 5.41) is 9.75. The summed E-state index contributed by atoms with van der Waals surface area (Å²) in [5.41, 5.74) is 3.42. The van der Waals surface area contributed by atoms with Gasteiger partial charge >= 0.3 is 5.97 Å². The molecule has 0 saturated carbocycles. The standard InChI is InChI=1S/C24H28ClNO4.ClH/c1-16(2)18-4-3-5-21(25)19(18)14-29-17-6-7-20-22(12-17)30-15-24(20)8-10-26(11-9-24)13-23(27)28;/h3-7,12,16H,8-11,13-15H2,1-2H3,(H,27,28);1H. The Bertz CT molecular complexity index is 939. The zero-order valence-corrected chi connectivity index (χ0v) is 19.5. The summed E-state index contributed by atoms with van der Waals surface area (Å²) in [5.74, 6) is 1.25. The van der Waals surface area contributed by atoms with Crippen LogP contribution in [0.1, 0.15) is 49.3 Å². The molecule has 31 heavy (non-hydrogen) atoms. The minimum atomic E-state index is -0.769. The van der Waals surface area contributed by atoms with Crippen LogP contribution in [0.4, 0.5) is 0 Å². The van der Waals surface area contributed by atoms with Crippen molar-refractivity contribution in [3.8, 4) is 11.5 Å². The molecular formula is C24H29Cl2NO4. The average Bonchev–Trinajstić information content (AvgIpc) is 3.06. The monoisotopic (exact) mass is 465 g/mol. The second-order valence-electron chi connectivity index (χ2n) is 8.65. The second-order valence-corrected chi connectivity index (χ2v) is 9.06. The van der Waals surface area contributed by atoms with Gasteiger partial charge in [-0.25, -0.2) is 0 Å².